The molecular formula is C10H16ClN5O2. The first kappa shape index (κ1) is 14.4. The summed E-state index contributed by atoms with van der Waals surface area (Å²) in [7, 11) is 3.02. The molecule has 0 bridgehead atoms. The van der Waals surface area contributed by atoms with Crippen molar-refractivity contribution in [1.82, 2.24) is 20.3 Å². The van der Waals surface area contributed by atoms with Gasteiger partial charge in [0.2, 0.25) is 17.1 Å². The fourth-order valence-corrected chi connectivity index (χ4v) is 1.47. The summed E-state index contributed by atoms with van der Waals surface area (Å²) in [5, 5.41) is 2.59. The molecule has 8 heteroatoms. The second kappa shape index (κ2) is 6.95. The number of aromatic nitrogens is 3. The van der Waals surface area contributed by atoms with E-state index >= 15 is 0 Å². The lowest BCUT2D eigenvalue weighted by atomic mass is 10.4. The summed E-state index contributed by atoms with van der Waals surface area (Å²) in [4.78, 5) is 25.0. The van der Waals surface area contributed by atoms with Crippen molar-refractivity contribution in [2.75, 3.05) is 32.1 Å². The summed E-state index contributed by atoms with van der Waals surface area (Å²) >= 11 is 5.77. The molecule has 18 heavy (non-hydrogen) atoms. The molecule has 0 saturated heterocycles. The summed E-state index contributed by atoms with van der Waals surface area (Å²) in [6.07, 6.45) is 0.850. The number of nitrogens with zero attached hydrogens (tertiary/aromatic N) is 4. The van der Waals surface area contributed by atoms with Gasteiger partial charge in [-0.15, -0.1) is 0 Å². The number of hydrogen-bond donors (Lipinski definition) is 1. The van der Waals surface area contributed by atoms with Crippen molar-refractivity contribution in [2.45, 2.75) is 13.3 Å². The zero-order valence-corrected chi connectivity index (χ0v) is 11.4. The Morgan fingerprint density at radius 2 is 2.17 bits per heavy atom. The van der Waals surface area contributed by atoms with Crippen LogP contribution in [-0.2, 0) is 4.79 Å². The normalized spacial score (nSPS) is 10.0. The third-order valence-corrected chi connectivity index (χ3v) is 2.32. The van der Waals surface area contributed by atoms with Crippen LogP contribution in [0.2, 0.25) is 5.28 Å². The molecule has 1 N–H and O–H groups in total. The molecule has 0 aliphatic heterocycles. The smallest absolute Gasteiger partial charge is 0.322 e. The van der Waals surface area contributed by atoms with Crippen molar-refractivity contribution in [3.05, 3.63) is 5.28 Å². The average Bonchev–Trinajstić information content (AvgIpc) is 2.37. The lowest BCUT2D eigenvalue weighted by molar-refractivity contribution is -0.119. The molecule has 0 aliphatic rings. The molecule has 1 amide bonds. The van der Waals surface area contributed by atoms with E-state index in [9.17, 15) is 4.79 Å². The van der Waals surface area contributed by atoms with Gasteiger partial charge in [0.1, 0.15) is 0 Å². The van der Waals surface area contributed by atoms with Gasteiger partial charge in [0.05, 0.1) is 13.7 Å². The molecule has 1 aromatic heterocycles. The molecular weight excluding hydrogens is 258 g/mol. The van der Waals surface area contributed by atoms with E-state index in [4.69, 9.17) is 16.3 Å². The van der Waals surface area contributed by atoms with E-state index in [1.807, 2.05) is 6.92 Å². The second-order valence-electron chi connectivity index (χ2n) is 3.49. The van der Waals surface area contributed by atoms with Crippen molar-refractivity contribution < 1.29 is 9.53 Å². The van der Waals surface area contributed by atoms with Crippen LogP contribution in [0.1, 0.15) is 13.3 Å². The lowest BCUT2D eigenvalue weighted by Crippen LogP contribution is -2.37. The van der Waals surface area contributed by atoms with E-state index in [2.05, 4.69) is 20.3 Å². The molecule has 0 spiro atoms. The lowest BCUT2D eigenvalue weighted by Gasteiger charge is -2.20. The topological polar surface area (TPSA) is 80.2 Å². The standard InChI is InChI=1S/C10H16ClN5O2/c1-4-5-16(6-7(17)12-2)9-13-8(11)14-10(15-9)18-3/h4-6H2,1-3H3,(H,12,17). The van der Waals surface area contributed by atoms with E-state index in [1.165, 1.54) is 7.11 Å². The van der Waals surface area contributed by atoms with Crippen LogP contribution in [0.15, 0.2) is 0 Å². The van der Waals surface area contributed by atoms with Crippen LogP contribution >= 0.6 is 11.6 Å². The van der Waals surface area contributed by atoms with E-state index in [1.54, 1.807) is 11.9 Å². The maximum Gasteiger partial charge on any atom is 0.322 e. The Morgan fingerprint density at radius 3 is 2.72 bits per heavy atom. The van der Waals surface area contributed by atoms with E-state index in [-0.39, 0.29) is 23.7 Å². The van der Waals surface area contributed by atoms with Gasteiger partial charge in [-0.3, -0.25) is 4.79 Å². The van der Waals surface area contributed by atoms with E-state index in [0.29, 0.717) is 12.5 Å². The number of rotatable bonds is 6. The van der Waals surface area contributed by atoms with Gasteiger partial charge in [0.15, 0.2) is 0 Å². The fraction of sp³-hybridized carbons (Fsp3) is 0.600. The van der Waals surface area contributed by atoms with Gasteiger partial charge in [-0.1, -0.05) is 6.92 Å². The third kappa shape index (κ3) is 3.99. The number of ether oxygens (including phenoxy) is 1. The number of carbonyl (C=O) groups excluding carboxylic acids is 1. The van der Waals surface area contributed by atoms with Crippen molar-refractivity contribution in [3.63, 3.8) is 0 Å². The molecule has 0 aromatic carbocycles. The Kier molecular flexibility index (Phi) is 5.57. The van der Waals surface area contributed by atoms with Gasteiger partial charge in [-0.05, 0) is 18.0 Å². The predicted molar refractivity (Wildman–Crippen MR) is 68.0 cm³/mol. The van der Waals surface area contributed by atoms with Crippen LogP contribution in [-0.4, -0.2) is 48.1 Å². The molecule has 0 radical (unpaired) electrons. The number of hydrogen-bond acceptors (Lipinski definition) is 6. The zero-order chi connectivity index (χ0) is 13.5. The highest BCUT2D eigenvalue weighted by molar-refractivity contribution is 6.28. The highest BCUT2D eigenvalue weighted by Crippen LogP contribution is 2.14. The number of nitrogens with one attached hydrogen (secondary N) is 1. The quantitative estimate of drug-likeness (QED) is 0.813. The Morgan fingerprint density at radius 1 is 1.44 bits per heavy atom. The maximum absolute atomic E-state index is 11.4. The highest BCUT2D eigenvalue weighted by Gasteiger charge is 2.15. The monoisotopic (exact) mass is 273 g/mol. The van der Waals surface area contributed by atoms with Crippen LogP contribution in [0.25, 0.3) is 0 Å². The number of anilines is 1. The Labute approximate surface area is 111 Å². The van der Waals surface area contributed by atoms with Crippen molar-refractivity contribution in [2.24, 2.45) is 0 Å². The first-order chi connectivity index (χ1) is 8.60. The SMILES string of the molecule is CCCN(CC(=O)NC)c1nc(Cl)nc(OC)n1. The van der Waals surface area contributed by atoms with Crippen LogP contribution < -0.4 is 15.0 Å². The van der Waals surface area contributed by atoms with Gasteiger partial charge >= 0.3 is 6.01 Å². The number of carbonyl (C=O) groups is 1. The molecule has 7 nitrogen and oxygen atoms in total. The molecule has 0 fully saturated rings. The largest absolute Gasteiger partial charge is 0.467 e. The maximum atomic E-state index is 11.4. The summed E-state index contributed by atoms with van der Waals surface area (Å²) in [5.74, 6) is 0.205. The summed E-state index contributed by atoms with van der Waals surface area (Å²) < 4.78 is 4.92. The number of halogens is 1. The van der Waals surface area contributed by atoms with Gasteiger partial charge in [0, 0.05) is 13.6 Å². The van der Waals surface area contributed by atoms with Crippen LogP contribution in [0.5, 0.6) is 6.01 Å². The van der Waals surface area contributed by atoms with Crippen molar-refractivity contribution in [1.29, 1.82) is 0 Å². The van der Waals surface area contributed by atoms with Gasteiger partial charge < -0.3 is 15.0 Å². The first-order valence-corrected chi connectivity index (χ1v) is 5.89. The predicted octanol–water partition coefficient (Wildman–Crippen LogP) is 0.496. The van der Waals surface area contributed by atoms with Crippen LogP contribution in [0, 0.1) is 0 Å². The molecule has 0 saturated carbocycles. The average molecular weight is 274 g/mol. The van der Waals surface area contributed by atoms with Crippen molar-refractivity contribution >= 4 is 23.5 Å². The molecule has 1 rings (SSSR count). The van der Waals surface area contributed by atoms with E-state index < -0.39 is 0 Å². The number of amides is 1. The minimum atomic E-state index is -0.126. The second-order valence-corrected chi connectivity index (χ2v) is 3.82. The van der Waals surface area contributed by atoms with Gasteiger partial charge in [-0.2, -0.15) is 15.0 Å². The number of methoxy groups -OCH3 is 1. The molecule has 0 aliphatic carbocycles. The number of likely N-dealkylation sites (N-methyl/N-ethyl adjacent to an activating group) is 1. The molecule has 1 heterocycles. The summed E-state index contributed by atoms with van der Waals surface area (Å²) in [5.41, 5.74) is 0. The van der Waals surface area contributed by atoms with Crippen LogP contribution in [0.3, 0.4) is 0 Å². The Bertz CT molecular complexity index is 415. The highest BCUT2D eigenvalue weighted by atomic mass is 35.5. The Balaban J connectivity index is 2.96. The van der Waals surface area contributed by atoms with Gasteiger partial charge in [-0.25, -0.2) is 0 Å². The molecule has 0 unspecified atom stereocenters. The minimum absolute atomic E-state index is 0.0369. The summed E-state index contributed by atoms with van der Waals surface area (Å²) in [6, 6.07) is 0.128. The molecule has 100 valence electrons. The zero-order valence-electron chi connectivity index (χ0n) is 10.6. The van der Waals surface area contributed by atoms with Gasteiger partial charge in [0.25, 0.3) is 0 Å². The van der Waals surface area contributed by atoms with Crippen molar-refractivity contribution in [3.8, 4) is 6.01 Å². The third-order valence-electron chi connectivity index (χ3n) is 2.15. The molecule has 0 atom stereocenters. The minimum Gasteiger partial charge on any atom is -0.467 e. The first-order valence-electron chi connectivity index (χ1n) is 5.51. The molecule has 1 aromatic rings. The fourth-order valence-electron chi connectivity index (χ4n) is 1.33. The Hall–Kier alpha value is -1.63. The van der Waals surface area contributed by atoms with E-state index in [0.717, 1.165) is 6.42 Å². The summed E-state index contributed by atoms with van der Waals surface area (Å²) in [6.45, 7) is 2.79. The van der Waals surface area contributed by atoms with Crippen LogP contribution in [0.4, 0.5) is 5.95 Å².